The summed E-state index contributed by atoms with van der Waals surface area (Å²) in [6.45, 7) is 4.77. The average molecular weight is 303 g/mol. The summed E-state index contributed by atoms with van der Waals surface area (Å²) in [5, 5.41) is 23.0. The molecular weight excluding hydrogens is 286 g/mol. The van der Waals surface area contributed by atoms with Gasteiger partial charge in [-0.1, -0.05) is 0 Å². The van der Waals surface area contributed by atoms with Crippen LogP contribution in [0.3, 0.4) is 0 Å². The van der Waals surface area contributed by atoms with Gasteiger partial charge in [-0.15, -0.1) is 0 Å². The first-order valence-electron chi connectivity index (χ1n) is 6.62. The molecule has 2 aromatic rings. The summed E-state index contributed by atoms with van der Waals surface area (Å²) in [4.78, 5) is 15.9. The van der Waals surface area contributed by atoms with Gasteiger partial charge in [-0.05, 0) is 26.8 Å². The van der Waals surface area contributed by atoms with Crippen molar-refractivity contribution >= 4 is 12.1 Å². The second-order valence-corrected chi connectivity index (χ2v) is 4.82. The number of aromatic nitrogens is 1. The number of hydrogen-bond donors (Lipinski definition) is 3. The number of carbonyl (C=O) groups is 1. The Bertz CT molecular complexity index is 735. The van der Waals surface area contributed by atoms with Gasteiger partial charge in [0.05, 0.1) is 24.1 Å². The summed E-state index contributed by atoms with van der Waals surface area (Å²) in [6.07, 6.45) is 2.72. The normalized spacial score (nSPS) is 11.1. The van der Waals surface area contributed by atoms with Crippen molar-refractivity contribution in [3.63, 3.8) is 0 Å². The summed E-state index contributed by atoms with van der Waals surface area (Å²) in [5.74, 6) is 0.641. The van der Waals surface area contributed by atoms with E-state index in [1.54, 1.807) is 26.8 Å². The fourth-order valence-electron chi connectivity index (χ4n) is 1.99. The van der Waals surface area contributed by atoms with Crippen LogP contribution in [0.15, 0.2) is 21.8 Å². The molecule has 116 valence electrons. The number of aliphatic hydroxyl groups excluding tert-OH is 1. The molecule has 0 aliphatic carbocycles. The van der Waals surface area contributed by atoms with Crippen molar-refractivity contribution in [2.75, 3.05) is 0 Å². The van der Waals surface area contributed by atoms with Gasteiger partial charge >= 0.3 is 0 Å². The van der Waals surface area contributed by atoms with Gasteiger partial charge in [0.1, 0.15) is 17.3 Å². The van der Waals surface area contributed by atoms with Crippen molar-refractivity contribution in [1.29, 1.82) is 0 Å². The Morgan fingerprint density at radius 2 is 2.18 bits per heavy atom. The third-order valence-electron chi connectivity index (χ3n) is 3.17. The molecule has 0 aromatic carbocycles. The monoisotopic (exact) mass is 303 g/mol. The van der Waals surface area contributed by atoms with Crippen LogP contribution in [0.2, 0.25) is 0 Å². The topological polar surface area (TPSA) is 108 Å². The molecule has 0 bridgehead atoms. The van der Waals surface area contributed by atoms with Crippen LogP contribution < -0.4 is 5.43 Å². The number of furan rings is 1. The van der Waals surface area contributed by atoms with Crippen LogP contribution in [0.1, 0.15) is 38.7 Å². The minimum absolute atomic E-state index is 0.0834. The molecule has 0 atom stereocenters. The van der Waals surface area contributed by atoms with E-state index in [-0.39, 0.29) is 12.4 Å². The van der Waals surface area contributed by atoms with E-state index in [2.05, 4.69) is 15.5 Å². The van der Waals surface area contributed by atoms with Crippen molar-refractivity contribution in [3.8, 4) is 5.75 Å². The molecule has 1 amide bonds. The predicted octanol–water partition coefficient (Wildman–Crippen LogP) is 1.56. The van der Waals surface area contributed by atoms with E-state index in [4.69, 9.17) is 4.42 Å². The Morgan fingerprint density at radius 3 is 2.77 bits per heavy atom. The molecule has 0 aliphatic rings. The van der Waals surface area contributed by atoms with E-state index in [1.807, 2.05) is 0 Å². The van der Waals surface area contributed by atoms with Crippen molar-refractivity contribution in [3.05, 3.63) is 46.2 Å². The summed E-state index contributed by atoms with van der Waals surface area (Å²) >= 11 is 0. The molecular formula is C15H17N3O4. The maximum Gasteiger partial charge on any atom is 0.274 e. The number of nitrogens with zero attached hydrogens (tertiary/aromatic N) is 2. The van der Waals surface area contributed by atoms with Crippen LogP contribution in [0, 0.1) is 20.8 Å². The summed E-state index contributed by atoms with van der Waals surface area (Å²) in [6, 6.07) is 1.62. The van der Waals surface area contributed by atoms with E-state index >= 15 is 0 Å². The Labute approximate surface area is 127 Å². The zero-order chi connectivity index (χ0) is 16.3. The van der Waals surface area contributed by atoms with E-state index < -0.39 is 5.91 Å². The number of amides is 1. The van der Waals surface area contributed by atoms with Gasteiger partial charge in [-0.2, -0.15) is 5.10 Å². The molecule has 2 rings (SSSR count). The number of pyridine rings is 1. The highest BCUT2D eigenvalue weighted by molar-refractivity contribution is 5.96. The molecule has 0 spiro atoms. The summed E-state index contributed by atoms with van der Waals surface area (Å²) in [7, 11) is 0. The molecule has 2 aromatic heterocycles. The molecule has 7 heteroatoms. The standard InChI is InChI=1S/C15H17N3O4/c1-8-4-12(10(3)22-8)15(21)18-17-6-13-11(7-19)5-16-9(2)14(13)20/h4-6,19-20H,7H2,1-3H3,(H,18,21)/b17-6+. The van der Waals surface area contributed by atoms with Crippen molar-refractivity contribution in [2.45, 2.75) is 27.4 Å². The van der Waals surface area contributed by atoms with Gasteiger partial charge in [0, 0.05) is 17.3 Å². The van der Waals surface area contributed by atoms with Gasteiger partial charge < -0.3 is 14.6 Å². The van der Waals surface area contributed by atoms with E-state index in [0.29, 0.717) is 33.9 Å². The van der Waals surface area contributed by atoms with Crippen molar-refractivity contribution in [1.82, 2.24) is 10.4 Å². The van der Waals surface area contributed by atoms with Gasteiger partial charge in [-0.25, -0.2) is 5.43 Å². The van der Waals surface area contributed by atoms with Crippen LogP contribution in [0.4, 0.5) is 0 Å². The number of carbonyl (C=O) groups excluding carboxylic acids is 1. The fraction of sp³-hybridized carbons (Fsp3) is 0.267. The molecule has 0 fully saturated rings. The molecule has 0 aliphatic heterocycles. The van der Waals surface area contributed by atoms with Gasteiger partial charge in [0.15, 0.2) is 0 Å². The fourth-order valence-corrected chi connectivity index (χ4v) is 1.99. The minimum atomic E-state index is -0.415. The average Bonchev–Trinajstić information content (AvgIpc) is 2.82. The Hall–Kier alpha value is -2.67. The molecule has 2 heterocycles. The second-order valence-electron chi connectivity index (χ2n) is 4.82. The van der Waals surface area contributed by atoms with Crippen LogP contribution in [0.5, 0.6) is 5.75 Å². The summed E-state index contributed by atoms with van der Waals surface area (Å²) < 4.78 is 5.28. The Kier molecular flexibility index (Phi) is 4.57. The molecule has 0 saturated heterocycles. The smallest absolute Gasteiger partial charge is 0.274 e. The predicted molar refractivity (Wildman–Crippen MR) is 79.8 cm³/mol. The third kappa shape index (κ3) is 3.15. The van der Waals surface area contributed by atoms with E-state index in [9.17, 15) is 15.0 Å². The summed E-state index contributed by atoms with van der Waals surface area (Å²) in [5.41, 5.74) is 3.89. The zero-order valence-corrected chi connectivity index (χ0v) is 12.5. The SMILES string of the molecule is Cc1cc(C(=O)N/N=C/c2c(CO)cnc(C)c2O)c(C)o1. The lowest BCUT2D eigenvalue weighted by atomic mass is 10.1. The number of hydrogen-bond acceptors (Lipinski definition) is 6. The first-order valence-corrected chi connectivity index (χ1v) is 6.62. The van der Waals surface area contributed by atoms with E-state index in [0.717, 1.165) is 0 Å². The molecule has 22 heavy (non-hydrogen) atoms. The molecule has 0 unspecified atom stereocenters. The number of aliphatic hydroxyl groups is 1. The molecule has 0 radical (unpaired) electrons. The molecule has 0 saturated carbocycles. The zero-order valence-electron chi connectivity index (χ0n) is 12.5. The van der Waals surface area contributed by atoms with Gasteiger partial charge in [0.25, 0.3) is 5.91 Å². The maximum atomic E-state index is 12.0. The largest absolute Gasteiger partial charge is 0.505 e. The highest BCUT2D eigenvalue weighted by Gasteiger charge is 2.13. The van der Waals surface area contributed by atoms with E-state index in [1.165, 1.54) is 12.4 Å². The number of aromatic hydroxyl groups is 1. The van der Waals surface area contributed by atoms with Crippen LogP contribution in [-0.2, 0) is 6.61 Å². The first-order chi connectivity index (χ1) is 10.4. The van der Waals surface area contributed by atoms with Gasteiger partial charge in [0.2, 0.25) is 0 Å². The maximum absolute atomic E-state index is 12.0. The second kappa shape index (κ2) is 6.40. The Balaban J connectivity index is 2.18. The quantitative estimate of drug-likeness (QED) is 0.587. The number of rotatable bonds is 4. The van der Waals surface area contributed by atoms with Crippen LogP contribution in [-0.4, -0.2) is 27.3 Å². The lowest BCUT2D eigenvalue weighted by Crippen LogP contribution is -2.18. The number of hydrazone groups is 1. The molecule has 3 N–H and O–H groups in total. The third-order valence-corrected chi connectivity index (χ3v) is 3.17. The number of nitrogens with one attached hydrogen (secondary N) is 1. The highest BCUT2D eigenvalue weighted by Crippen LogP contribution is 2.21. The van der Waals surface area contributed by atoms with Crippen LogP contribution in [0.25, 0.3) is 0 Å². The lowest BCUT2D eigenvalue weighted by Gasteiger charge is -2.06. The minimum Gasteiger partial charge on any atom is -0.505 e. The van der Waals surface area contributed by atoms with Crippen molar-refractivity contribution in [2.24, 2.45) is 5.10 Å². The first kappa shape index (κ1) is 15.7. The van der Waals surface area contributed by atoms with Gasteiger partial charge in [-0.3, -0.25) is 9.78 Å². The Morgan fingerprint density at radius 1 is 1.45 bits per heavy atom. The number of aryl methyl sites for hydroxylation is 3. The lowest BCUT2D eigenvalue weighted by molar-refractivity contribution is 0.0953. The van der Waals surface area contributed by atoms with Crippen molar-refractivity contribution < 1.29 is 19.4 Å². The van der Waals surface area contributed by atoms with Crippen LogP contribution >= 0.6 is 0 Å². The molecule has 7 nitrogen and oxygen atoms in total. The highest BCUT2D eigenvalue weighted by atomic mass is 16.3.